The Morgan fingerprint density at radius 2 is 1.46 bits per heavy atom. The van der Waals surface area contributed by atoms with Crippen molar-refractivity contribution in [2.45, 2.75) is 78.1 Å². The van der Waals surface area contributed by atoms with Gasteiger partial charge in [-0.2, -0.15) is 0 Å². The first-order chi connectivity index (χ1) is 12.7. The number of Topliss-reactive ketones (excluding diaryl/α,β-unsaturated/α-hetero) is 1. The van der Waals surface area contributed by atoms with Gasteiger partial charge in [0.2, 0.25) is 0 Å². The van der Waals surface area contributed by atoms with Crippen molar-refractivity contribution in [2.75, 3.05) is 0 Å². The molecule has 1 nitrogen and oxygen atoms in total. The van der Waals surface area contributed by atoms with Crippen LogP contribution in [0.4, 0.5) is 0 Å². The molecule has 0 aromatic heterocycles. The fourth-order valence-corrected chi connectivity index (χ4v) is 4.05. The molecule has 0 saturated heterocycles. The highest BCUT2D eigenvalue weighted by molar-refractivity contribution is 5.97. The summed E-state index contributed by atoms with van der Waals surface area (Å²) in [5.41, 5.74) is 7.81. The second-order valence-corrected chi connectivity index (χ2v) is 7.66. The summed E-state index contributed by atoms with van der Waals surface area (Å²) in [5, 5.41) is 0. The number of carbonyl (C=O) groups excluding carboxylic acids is 1. The van der Waals surface area contributed by atoms with Crippen LogP contribution in [0.15, 0.2) is 36.4 Å². The van der Waals surface area contributed by atoms with Crippen LogP contribution in [0.3, 0.4) is 0 Å². The van der Waals surface area contributed by atoms with Crippen molar-refractivity contribution in [1.82, 2.24) is 0 Å². The van der Waals surface area contributed by atoms with Gasteiger partial charge in [0.25, 0.3) is 0 Å². The molecule has 0 aliphatic heterocycles. The Morgan fingerprint density at radius 3 is 2.19 bits per heavy atom. The summed E-state index contributed by atoms with van der Waals surface area (Å²) in [4.78, 5) is 12.5. The number of hydrogen-bond donors (Lipinski definition) is 0. The van der Waals surface area contributed by atoms with Gasteiger partial charge in [-0.15, -0.1) is 0 Å². The second kappa shape index (κ2) is 9.16. The normalized spacial score (nSPS) is 12.5. The molecule has 138 valence electrons. The number of rotatable bonds is 9. The van der Waals surface area contributed by atoms with Gasteiger partial charge >= 0.3 is 0 Å². The van der Waals surface area contributed by atoms with Gasteiger partial charge in [0.15, 0.2) is 5.78 Å². The smallest absolute Gasteiger partial charge is 0.162 e. The van der Waals surface area contributed by atoms with Crippen LogP contribution in [0.2, 0.25) is 0 Å². The molecule has 1 aliphatic carbocycles. The topological polar surface area (TPSA) is 17.1 Å². The van der Waals surface area contributed by atoms with Crippen LogP contribution in [0.25, 0.3) is 11.1 Å². The van der Waals surface area contributed by atoms with E-state index in [1.165, 1.54) is 59.9 Å². The molecule has 0 radical (unpaired) electrons. The maximum absolute atomic E-state index is 12.5. The molecular formula is C25H32O. The van der Waals surface area contributed by atoms with Crippen LogP contribution in [0.1, 0.15) is 85.8 Å². The summed E-state index contributed by atoms with van der Waals surface area (Å²) in [6.45, 7) is 4.45. The Kier molecular flexibility index (Phi) is 6.66. The third-order valence-corrected chi connectivity index (χ3v) is 5.72. The SMILES string of the molecule is CCCCCCCCC(=O)c1ccc2c(c1)CCc1cc(CC)ccc1-2. The zero-order valence-corrected chi connectivity index (χ0v) is 16.4. The highest BCUT2D eigenvalue weighted by atomic mass is 16.1. The minimum atomic E-state index is 0.315. The Balaban J connectivity index is 1.65. The van der Waals surface area contributed by atoms with Gasteiger partial charge in [0.1, 0.15) is 0 Å². The van der Waals surface area contributed by atoms with Crippen molar-refractivity contribution in [3.8, 4) is 11.1 Å². The second-order valence-electron chi connectivity index (χ2n) is 7.66. The largest absolute Gasteiger partial charge is 0.294 e. The lowest BCUT2D eigenvalue weighted by molar-refractivity contribution is 0.0979. The van der Waals surface area contributed by atoms with Crippen LogP contribution in [-0.2, 0) is 19.3 Å². The molecule has 0 unspecified atom stereocenters. The standard InChI is InChI=1S/C25H32O/c1-3-5-6-7-8-9-10-25(26)22-14-16-24-21(18-22)13-12-20-17-19(4-2)11-15-23(20)24/h11,14-18H,3-10,12-13H2,1-2H3. The summed E-state index contributed by atoms with van der Waals surface area (Å²) in [6, 6.07) is 13.2. The first-order valence-electron chi connectivity index (χ1n) is 10.5. The predicted octanol–water partition coefficient (Wildman–Crippen LogP) is 6.95. The van der Waals surface area contributed by atoms with Gasteiger partial charge in [-0.3, -0.25) is 4.79 Å². The lowest BCUT2D eigenvalue weighted by Crippen LogP contribution is -2.07. The van der Waals surface area contributed by atoms with E-state index in [9.17, 15) is 4.79 Å². The summed E-state index contributed by atoms with van der Waals surface area (Å²) in [7, 11) is 0. The van der Waals surface area contributed by atoms with Crippen LogP contribution in [0, 0.1) is 0 Å². The molecule has 0 bridgehead atoms. The summed E-state index contributed by atoms with van der Waals surface area (Å²) in [6.07, 6.45) is 11.3. The lowest BCUT2D eigenvalue weighted by atomic mass is 9.83. The minimum absolute atomic E-state index is 0.315. The Hall–Kier alpha value is -1.89. The first kappa shape index (κ1) is 18.9. The number of carbonyl (C=O) groups is 1. The highest BCUT2D eigenvalue weighted by Crippen LogP contribution is 2.34. The van der Waals surface area contributed by atoms with Crippen LogP contribution in [0.5, 0.6) is 0 Å². The van der Waals surface area contributed by atoms with Gasteiger partial charge in [0.05, 0.1) is 0 Å². The fourth-order valence-electron chi connectivity index (χ4n) is 4.05. The highest BCUT2D eigenvalue weighted by Gasteiger charge is 2.18. The first-order valence-corrected chi connectivity index (χ1v) is 10.5. The van der Waals surface area contributed by atoms with Gasteiger partial charge in [0, 0.05) is 12.0 Å². The number of aryl methyl sites for hydroxylation is 3. The van der Waals surface area contributed by atoms with E-state index >= 15 is 0 Å². The summed E-state index contributed by atoms with van der Waals surface area (Å²) >= 11 is 0. The van der Waals surface area contributed by atoms with E-state index in [0.29, 0.717) is 12.2 Å². The molecule has 0 amide bonds. The zero-order chi connectivity index (χ0) is 18.4. The third-order valence-electron chi connectivity index (χ3n) is 5.72. The van der Waals surface area contributed by atoms with Gasteiger partial charge in [-0.05, 0) is 59.6 Å². The third kappa shape index (κ3) is 4.44. The molecule has 2 aromatic rings. The maximum atomic E-state index is 12.5. The number of fused-ring (bicyclic) bond motifs is 3. The van der Waals surface area contributed by atoms with Crippen LogP contribution < -0.4 is 0 Å². The Morgan fingerprint density at radius 1 is 0.808 bits per heavy atom. The molecule has 0 N–H and O–H groups in total. The average Bonchev–Trinajstić information content (AvgIpc) is 2.69. The molecule has 0 atom stereocenters. The molecule has 0 spiro atoms. The molecule has 0 fully saturated rings. The Labute approximate surface area is 158 Å². The number of benzene rings is 2. The molecular weight excluding hydrogens is 316 g/mol. The van der Waals surface area contributed by atoms with Crippen molar-refractivity contribution in [3.05, 3.63) is 58.7 Å². The van der Waals surface area contributed by atoms with Crippen molar-refractivity contribution in [3.63, 3.8) is 0 Å². The quantitative estimate of drug-likeness (QED) is 0.354. The minimum Gasteiger partial charge on any atom is -0.294 e. The number of ketones is 1. The van der Waals surface area contributed by atoms with Gasteiger partial charge in [-0.1, -0.05) is 76.3 Å². The molecule has 0 saturated carbocycles. The molecule has 1 aliphatic rings. The molecule has 3 rings (SSSR count). The number of hydrogen-bond acceptors (Lipinski definition) is 1. The summed E-state index contributed by atoms with van der Waals surface area (Å²) in [5.74, 6) is 0.315. The van der Waals surface area contributed by atoms with Gasteiger partial charge in [-0.25, -0.2) is 0 Å². The van der Waals surface area contributed by atoms with Crippen LogP contribution in [-0.4, -0.2) is 5.78 Å². The average molecular weight is 349 g/mol. The van der Waals surface area contributed by atoms with E-state index < -0.39 is 0 Å². The predicted molar refractivity (Wildman–Crippen MR) is 111 cm³/mol. The van der Waals surface area contributed by atoms with E-state index in [1.807, 2.05) is 6.07 Å². The fraction of sp³-hybridized carbons (Fsp3) is 0.480. The van der Waals surface area contributed by atoms with Crippen molar-refractivity contribution < 1.29 is 4.79 Å². The monoisotopic (exact) mass is 348 g/mol. The van der Waals surface area contributed by atoms with Crippen molar-refractivity contribution in [1.29, 1.82) is 0 Å². The molecule has 26 heavy (non-hydrogen) atoms. The van der Waals surface area contributed by atoms with Crippen molar-refractivity contribution >= 4 is 5.78 Å². The van der Waals surface area contributed by atoms with Crippen LogP contribution >= 0.6 is 0 Å². The van der Waals surface area contributed by atoms with E-state index in [0.717, 1.165) is 31.2 Å². The summed E-state index contributed by atoms with van der Waals surface area (Å²) < 4.78 is 0. The van der Waals surface area contributed by atoms with Crippen molar-refractivity contribution in [2.24, 2.45) is 0 Å². The van der Waals surface area contributed by atoms with E-state index in [1.54, 1.807) is 0 Å². The molecule has 2 aromatic carbocycles. The molecule has 1 heteroatoms. The Bertz CT molecular complexity index is 757. The maximum Gasteiger partial charge on any atom is 0.162 e. The van der Waals surface area contributed by atoms with E-state index in [-0.39, 0.29) is 0 Å². The lowest BCUT2D eigenvalue weighted by Gasteiger charge is -2.21. The van der Waals surface area contributed by atoms with E-state index in [4.69, 9.17) is 0 Å². The van der Waals surface area contributed by atoms with Gasteiger partial charge < -0.3 is 0 Å². The number of unbranched alkanes of at least 4 members (excludes halogenated alkanes) is 5. The van der Waals surface area contributed by atoms with E-state index in [2.05, 4.69) is 44.2 Å². The molecule has 0 heterocycles. The zero-order valence-electron chi connectivity index (χ0n) is 16.4.